The van der Waals surface area contributed by atoms with Gasteiger partial charge in [-0.15, -0.1) is 0 Å². The van der Waals surface area contributed by atoms with Crippen LogP contribution in [0, 0.1) is 0 Å². The molecular weight excluding hydrogens is 230 g/mol. The molecular formula is C15H16ClN. The Labute approximate surface area is 107 Å². The minimum atomic E-state index is 0.302. The Morgan fingerprint density at radius 3 is 2.29 bits per heavy atom. The van der Waals surface area contributed by atoms with Crippen LogP contribution in [-0.4, -0.2) is 0 Å². The highest BCUT2D eigenvalue weighted by molar-refractivity contribution is 6.33. The van der Waals surface area contributed by atoms with E-state index in [9.17, 15) is 0 Å². The van der Waals surface area contributed by atoms with E-state index >= 15 is 0 Å². The Kier molecular flexibility index (Phi) is 4.05. The minimum Gasteiger partial charge on any atom is -0.377 e. The first-order valence-corrected chi connectivity index (χ1v) is 6.25. The summed E-state index contributed by atoms with van der Waals surface area (Å²) in [6.45, 7) is 2.17. The molecule has 0 aliphatic carbocycles. The van der Waals surface area contributed by atoms with Gasteiger partial charge in [0, 0.05) is 0 Å². The van der Waals surface area contributed by atoms with Crippen molar-refractivity contribution in [3.8, 4) is 0 Å². The quantitative estimate of drug-likeness (QED) is 0.808. The molecule has 0 aliphatic heterocycles. The van der Waals surface area contributed by atoms with Crippen LogP contribution in [0.5, 0.6) is 0 Å². The van der Waals surface area contributed by atoms with Crippen molar-refractivity contribution in [3.63, 3.8) is 0 Å². The highest BCUT2D eigenvalue weighted by Gasteiger charge is 2.09. The average Bonchev–Trinajstić information content (AvgIpc) is 2.39. The van der Waals surface area contributed by atoms with Gasteiger partial charge >= 0.3 is 0 Å². The van der Waals surface area contributed by atoms with Gasteiger partial charge in [0.2, 0.25) is 0 Å². The second-order valence-corrected chi connectivity index (χ2v) is 4.40. The van der Waals surface area contributed by atoms with Crippen molar-refractivity contribution in [2.24, 2.45) is 0 Å². The van der Waals surface area contributed by atoms with E-state index in [1.165, 1.54) is 5.56 Å². The standard InChI is InChI=1S/C15H16ClN/c1-2-14(12-8-4-3-5-9-12)17-15-11-7-6-10-13(15)16/h3-11,14,17H,2H2,1H3. The number of rotatable bonds is 4. The van der Waals surface area contributed by atoms with Gasteiger partial charge in [-0.25, -0.2) is 0 Å². The summed E-state index contributed by atoms with van der Waals surface area (Å²) in [5.41, 5.74) is 2.28. The van der Waals surface area contributed by atoms with E-state index in [1.807, 2.05) is 30.3 Å². The topological polar surface area (TPSA) is 12.0 Å². The first kappa shape index (κ1) is 12.0. The lowest BCUT2D eigenvalue weighted by atomic mass is 10.0. The second-order valence-electron chi connectivity index (χ2n) is 4.00. The maximum absolute atomic E-state index is 6.15. The average molecular weight is 246 g/mol. The van der Waals surface area contributed by atoms with Gasteiger partial charge < -0.3 is 5.32 Å². The van der Waals surface area contributed by atoms with Crippen LogP contribution in [-0.2, 0) is 0 Å². The summed E-state index contributed by atoms with van der Waals surface area (Å²) in [7, 11) is 0. The van der Waals surface area contributed by atoms with Crippen LogP contribution in [0.4, 0.5) is 5.69 Å². The first-order valence-electron chi connectivity index (χ1n) is 5.87. The van der Waals surface area contributed by atoms with Crippen LogP contribution in [0.1, 0.15) is 24.9 Å². The molecule has 2 aromatic rings. The van der Waals surface area contributed by atoms with Crippen molar-refractivity contribution in [2.45, 2.75) is 19.4 Å². The van der Waals surface area contributed by atoms with Crippen molar-refractivity contribution in [2.75, 3.05) is 5.32 Å². The molecule has 1 N–H and O–H groups in total. The number of hydrogen-bond donors (Lipinski definition) is 1. The Morgan fingerprint density at radius 2 is 1.65 bits per heavy atom. The summed E-state index contributed by atoms with van der Waals surface area (Å²) in [4.78, 5) is 0. The summed E-state index contributed by atoms with van der Waals surface area (Å²) in [6, 6.07) is 18.6. The predicted molar refractivity (Wildman–Crippen MR) is 74.5 cm³/mol. The lowest BCUT2D eigenvalue weighted by Gasteiger charge is -2.19. The van der Waals surface area contributed by atoms with Crippen LogP contribution in [0.2, 0.25) is 5.02 Å². The van der Waals surface area contributed by atoms with Gasteiger partial charge in [0.05, 0.1) is 16.8 Å². The third-order valence-corrected chi connectivity index (χ3v) is 3.14. The Hall–Kier alpha value is -1.47. The third kappa shape index (κ3) is 3.01. The largest absolute Gasteiger partial charge is 0.377 e. The summed E-state index contributed by atoms with van der Waals surface area (Å²) >= 11 is 6.15. The Balaban J connectivity index is 2.19. The summed E-state index contributed by atoms with van der Waals surface area (Å²) in [5.74, 6) is 0. The van der Waals surface area contributed by atoms with Crippen molar-refractivity contribution < 1.29 is 0 Å². The van der Waals surface area contributed by atoms with E-state index < -0.39 is 0 Å². The van der Waals surface area contributed by atoms with E-state index in [-0.39, 0.29) is 0 Å². The molecule has 0 radical (unpaired) electrons. The van der Waals surface area contributed by atoms with Crippen LogP contribution >= 0.6 is 11.6 Å². The molecule has 0 saturated carbocycles. The van der Waals surface area contributed by atoms with E-state index in [2.05, 4.69) is 36.5 Å². The van der Waals surface area contributed by atoms with Gasteiger partial charge in [0.1, 0.15) is 0 Å². The highest BCUT2D eigenvalue weighted by atomic mass is 35.5. The number of para-hydroxylation sites is 1. The van der Waals surface area contributed by atoms with Crippen molar-refractivity contribution in [1.29, 1.82) is 0 Å². The Bertz CT molecular complexity index is 467. The smallest absolute Gasteiger partial charge is 0.0637 e. The van der Waals surface area contributed by atoms with Gasteiger partial charge in [-0.1, -0.05) is 61.0 Å². The zero-order valence-corrected chi connectivity index (χ0v) is 10.6. The van der Waals surface area contributed by atoms with Crippen LogP contribution in [0.15, 0.2) is 54.6 Å². The lowest BCUT2D eigenvalue weighted by molar-refractivity contribution is 0.749. The van der Waals surface area contributed by atoms with E-state index in [4.69, 9.17) is 11.6 Å². The number of hydrogen-bond acceptors (Lipinski definition) is 1. The normalized spacial score (nSPS) is 12.1. The number of nitrogens with one attached hydrogen (secondary N) is 1. The van der Waals surface area contributed by atoms with Gasteiger partial charge in [0.15, 0.2) is 0 Å². The molecule has 0 fully saturated rings. The fourth-order valence-corrected chi connectivity index (χ4v) is 2.06. The van der Waals surface area contributed by atoms with E-state index in [1.54, 1.807) is 0 Å². The summed E-state index contributed by atoms with van der Waals surface area (Å²) in [5, 5.41) is 4.25. The van der Waals surface area contributed by atoms with Crippen LogP contribution in [0.3, 0.4) is 0 Å². The van der Waals surface area contributed by atoms with Crippen LogP contribution in [0.25, 0.3) is 0 Å². The maximum Gasteiger partial charge on any atom is 0.0637 e. The molecule has 0 amide bonds. The predicted octanol–water partition coefficient (Wildman–Crippen LogP) is 4.90. The first-order chi connectivity index (χ1) is 8.31. The zero-order valence-electron chi connectivity index (χ0n) is 9.86. The molecule has 1 unspecified atom stereocenters. The monoisotopic (exact) mass is 245 g/mol. The molecule has 0 bridgehead atoms. The number of anilines is 1. The molecule has 17 heavy (non-hydrogen) atoms. The molecule has 0 aliphatic rings. The van der Waals surface area contributed by atoms with Gasteiger partial charge in [-0.2, -0.15) is 0 Å². The molecule has 0 aromatic heterocycles. The highest BCUT2D eigenvalue weighted by Crippen LogP contribution is 2.27. The lowest BCUT2D eigenvalue weighted by Crippen LogP contribution is -2.09. The van der Waals surface area contributed by atoms with Gasteiger partial charge in [-0.3, -0.25) is 0 Å². The fraction of sp³-hybridized carbons (Fsp3) is 0.200. The van der Waals surface area contributed by atoms with E-state index in [0.717, 1.165) is 17.1 Å². The van der Waals surface area contributed by atoms with E-state index in [0.29, 0.717) is 6.04 Å². The second kappa shape index (κ2) is 5.74. The summed E-state index contributed by atoms with van der Waals surface area (Å²) in [6.07, 6.45) is 1.02. The maximum atomic E-state index is 6.15. The zero-order chi connectivity index (χ0) is 12.1. The molecule has 0 saturated heterocycles. The van der Waals surface area contributed by atoms with Crippen molar-refractivity contribution in [1.82, 2.24) is 0 Å². The molecule has 1 atom stereocenters. The van der Waals surface area contributed by atoms with Gasteiger partial charge in [0.25, 0.3) is 0 Å². The molecule has 1 nitrogen and oxygen atoms in total. The third-order valence-electron chi connectivity index (χ3n) is 2.81. The molecule has 0 heterocycles. The molecule has 0 spiro atoms. The van der Waals surface area contributed by atoms with Crippen molar-refractivity contribution >= 4 is 17.3 Å². The number of halogens is 1. The molecule has 2 aromatic carbocycles. The SMILES string of the molecule is CCC(Nc1ccccc1Cl)c1ccccc1. The fourth-order valence-electron chi connectivity index (χ4n) is 1.87. The summed E-state index contributed by atoms with van der Waals surface area (Å²) < 4.78 is 0. The van der Waals surface area contributed by atoms with Gasteiger partial charge in [-0.05, 0) is 24.1 Å². The van der Waals surface area contributed by atoms with Crippen molar-refractivity contribution in [3.05, 3.63) is 65.2 Å². The minimum absolute atomic E-state index is 0.302. The molecule has 2 rings (SSSR count). The molecule has 88 valence electrons. The molecule has 2 heteroatoms. The van der Waals surface area contributed by atoms with Crippen LogP contribution < -0.4 is 5.32 Å². The Morgan fingerprint density at radius 1 is 1.00 bits per heavy atom. The number of benzene rings is 2.